The third-order valence-electron chi connectivity index (χ3n) is 11.1. The predicted molar refractivity (Wildman–Crippen MR) is 281 cm³/mol. The van der Waals surface area contributed by atoms with Crippen LogP contribution in [0.3, 0.4) is 0 Å². The first-order chi connectivity index (χ1) is 34.2. The molecule has 0 fully saturated rings. The Morgan fingerprint density at radius 2 is 1.03 bits per heavy atom. The molecule has 70 heavy (non-hydrogen) atoms. The molecule has 2 aliphatic rings. The molecule has 0 spiro atoms. The van der Waals surface area contributed by atoms with E-state index in [0.29, 0.717) is 81.1 Å². The zero-order valence-electron chi connectivity index (χ0n) is 39.2. The van der Waals surface area contributed by atoms with E-state index in [9.17, 15) is 4.79 Å². The Balaban J connectivity index is 1.07. The number of nitrogens with one attached hydrogen (secondary N) is 2. The van der Waals surface area contributed by atoms with Crippen LogP contribution >= 0.6 is 11.8 Å². The Morgan fingerprint density at radius 1 is 0.543 bits per heavy atom. The first-order valence-electron chi connectivity index (χ1n) is 23.2. The Kier molecular flexibility index (Phi) is 14.7. The van der Waals surface area contributed by atoms with Crippen molar-refractivity contribution in [2.24, 2.45) is 0 Å². The molecule has 11 heteroatoms. The van der Waals surface area contributed by atoms with Crippen molar-refractivity contribution in [2.75, 3.05) is 19.0 Å². The smallest absolute Gasteiger partial charge is 0.338 e. The highest BCUT2D eigenvalue weighted by Crippen LogP contribution is 2.28. The highest BCUT2D eigenvalue weighted by Gasteiger charge is 2.17. The molecule has 1 aromatic carbocycles. The fraction of sp³-hybridized carbons (Fsp3) is 0.186. The van der Waals surface area contributed by atoms with Gasteiger partial charge < -0.3 is 19.4 Å². The van der Waals surface area contributed by atoms with E-state index < -0.39 is 0 Å². The van der Waals surface area contributed by atoms with Gasteiger partial charge in [0.2, 0.25) is 0 Å². The topological polar surface area (TPSA) is 132 Å². The summed E-state index contributed by atoms with van der Waals surface area (Å²) in [6, 6.07) is 32.5. The van der Waals surface area contributed by atoms with Gasteiger partial charge in [-0.15, -0.1) is 0 Å². The van der Waals surface area contributed by atoms with Crippen molar-refractivity contribution in [1.29, 1.82) is 0 Å². The van der Waals surface area contributed by atoms with Gasteiger partial charge in [-0.1, -0.05) is 56.7 Å². The van der Waals surface area contributed by atoms with Gasteiger partial charge in [0, 0.05) is 40.1 Å². The van der Waals surface area contributed by atoms with Gasteiger partial charge in [0.15, 0.2) is 0 Å². The second-order valence-corrected chi connectivity index (χ2v) is 19.2. The van der Waals surface area contributed by atoms with E-state index in [1.165, 1.54) is 0 Å². The van der Waals surface area contributed by atoms with Crippen LogP contribution in [-0.2, 0) is 11.2 Å². The molecule has 7 aromatic rings. The summed E-state index contributed by atoms with van der Waals surface area (Å²) in [5.41, 5.74) is 11.8. The van der Waals surface area contributed by atoms with Crippen molar-refractivity contribution in [3.05, 3.63) is 189 Å². The van der Waals surface area contributed by atoms with Crippen molar-refractivity contribution in [3.63, 3.8) is 0 Å². The number of aromatic amines is 2. The lowest BCUT2D eigenvalue weighted by Crippen LogP contribution is -2.13. The van der Waals surface area contributed by atoms with Crippen molar-refractivity contribution in [1.82, 2.24) is 34.9 Å². The molecule has 0 aliphatic carbocycles. The van der Waals surface area contributed by atoms with Gasteiger partial charge in [0.05, 0.1) is 62.7 Å². The lowest BCUT2D eigenvalue weighted by Gasteiger charge is -2.17. The standard InChI is InChI=1S/C59H49N7O3S/c1-59(2,3)70-40-39-69-58(67)41-17-22-45(23-18-41)68-38-12-4-5-16-46-50-27-29-52(63-50)47(24-19-42-13-6-9-35-60-42)54-31-33-56(65-54)49(26-21-44-15-8-11-37-62-44)57-34-32-55(66-57)48(53-30-28-51(46)64-53)25-20-43-14-7-10-36-61-43/h6-11,13-15,17-18,22-23,27-37,63-64H,4-5,12,16,38-40H2,1-3H3. The maximum atomic E-state index is 12.6. The number of hydrogen-bond donors (Lipinski definition) is 2. The highest BCUT2D eigenvalue weighted by atomic mass is 32.2. The van der Waals surface area contributed by atoms with Crippen LogP contribution < -0.4 is 4.74 Å². The van der Waals surface area contributed by atoms with Crippen LogP contribution in [0.4, 0.5) is 0 Å². The first-order valence-corrected chi connectivity index (χ1v) is 24.2. The summed E-state index contributed by atoms with van der Waals surface area (Å²) in [5, 5.41) is 0. The van der Waals surface area contributed by atoms with Gasteiger partial charge in [-0.3, -0.25) is 0 Å². The van der Waals surface area contributed by atoms with E-state index in [2.05, 4.69) is 105 Å². The average molecular weight is 936 g/mol. The minimum absolute atomic E-state index is 0.125. The predicted octanol–water partition coefficient (Wildman–Crippen LogP) is 11.5. The van der Waals surface area contributed by atoms with E-state index >= 15 is 0 Å². The van der Waals surface area contributed by atoms with E-state index in [0.717, 1.165) is 59.1 Å². The van der Waals surface area contributed by atoms with Crippen LogP contribution in [0.5, 0.6) is 5.75 Å². The molecule has 2 aliphatic heterocycles. The van der Waals surface area contributed by atoms with Gasteiger partial charge >= 0.3 is 5.97 Å². The number of unbranched alkanes of at least 4 members (excludes halogenated alkanes) is 2. The molecule has 9 rings (SSSR count). The number of rotatable bonds is 11. The second-order valence-electron chi connectivity index (χ2n) is 17.3. The summed E-state index contributed by atoms with van der Waals surface area (Å²) in [7, 11) is 0. The Hall–Kier alpha value is -8.43. The van der Waals surface area contributed by atoms with Gasteiger partial charge in [0.25, 0.3) is 0 Å². The second kappa shape index (κ2) is 22.1. The molecule has 344 valence electrons. The van der Waals surface area contributed by atoms with Crippen LogP contribution in [-0.4, -0.2) is 64.6 Å². The van der Waals surface area contributed by atoms with Crippen LogP contribution in [0, 0.1) is 35.5 Å². The molecule has 0 atom stereocenters. The van der Waals surface area contributed by atoms with Gasteiger partial charge in [-0.2, -0.15) is 11.8 Å². The molecule has 8 bridgehead atoms. The lowest BCUT2D eigenvalue weighted by molar-refractivity contribution is 0.0530. The Bertz CT molecular complexity index is 3290. The SMILES string of the molecule is CC(C)(C)SCCOC(=O)c1ccc(OCCCCCc2c3ccc([nH]3)c(C#Cc3ccccn3)c3nc(c(C#Cc4ccccn4)c4nc(c(C#Cc5ccccn5)c5ccc2[nH]5)C=C4)C=C3)cc1. The maximum absolute atomic E-state index is 12.6. The zero-order chi connectivity index (χ0) is 48.1. The minimum atomic E-state index is -0.326. The molecular weight excluding hydrogens is 887 g/mol. The van der Waals surface area contributed by atoms with Crippen molar-refractivity contribution in [2.45, 2.75) is 51.2 Å². The van der Waals surface area contributed by atoms with Gasteiger partial charge in [-0.25, -0.2) is 29.7 Å². The molecule has 0 saturated carbocycles. The number of aromatic nitrogens is 7. The number of fused-ring (bicyclic) bond motifs is 8. The van der Waals surface area contributed by atoms with Gasteiger partial charge in [-0.05, 0) is 158 Å². The summed E-state index contributed by atoms with van der Waals surface area (Å²) in [4.78, 5) is 43.8. The average Bonchev–Trinajstić information content (AvgIpc) is 4.24. The normalized spacial score (nSPS) is 11.4. The highest BCUT2D eigenvalue weighted by molar-refractivity contribution is 8.00. The van der Waals surface area contributed by atoms with Crippen LogP contribution in [0.1, 0.15) is 113 Å². The minimum Gasteiger partial charge on any atom is -0.494 e. The molecule has 10 nitrogen and oxygen atoms in total. The molecule has 0 radical (unpaired) electrons. The molecule has 0 unspecified atom stereocenters. The number of carbonyl (C=O) groups excluding carboxylic acids is 1. The van der Waals surface area contributed by atoms with Crippen molar-refractivity contribution in [3.8, 4) is 41.3 Å². The Labute approximate surface area is 412 Å². The van der Waals surface area contributed by atoms with Crippen LogP contribution in [0.15, 0.2) is 122 Å². The molecule has 0 amide bonds. The van der Waals surface area contributed by atoms with E-state index in [1.54, 1.807) is 42.5 Å². The summed E-state index contributed by atoms with van der Waals surface area (Å²) in [6.45, 7) is 7.36. The number of esters is 1. The number of hydrogen-bond acceptors (Lipinski definition) is 9. The summed E-state index contributed by atoms with van der Waals surface area (Å²) in [5.74, 6) is 21.1. The summed E-state index contributed by atoms with van der Waals surface area (Å²) >= 11 is 1.77. The zero-order valence-corrected chi connectivity index (χ0v) is 40.0. The fourth-order valence-corrected chi connectivity index (χ4v) is 8.42. The number of thioether (sulfide) groups is 1. The number of aryl methyl sites for hydroxylation is 1. The number of ether oxygens (including phenoxy) is 2. The summed E-state index contributed by atoms with van der Waals surface area (Å²) in [6.07, 6.45) is 16.5. The largest absolute Gasteiger partial charge is 0.494 e. The third kappa shape index (κ3) is 12.2. The number of H-pyrrole nitrogens is 2. The first kappa shape index (κ1) is 46.7. The van der Waals surface area contributed by atoms with Gasteiger partial charge in [0.1, 0.15) is 29.4 Å². The summed E-state index contributed by atoms with van der Waals surface area (Å²) < 4.78 is 11.7. The van der Waals surface area contributed by atoms with E-state index in [-0.39, 0.29) is 10.7 Å². The monoisotopic (exact) mass is 935 g/mol. The number of nitrogens with zero attached hydrogens (tertiary/aromatic N) is 5. The molecule has 0 saturated heterocycles. The molecule has 8 heterocycles. The molecule has 6 aromatic heterocycles. The molecule has 2 N–H and O–H groups in total. The molecular formula is C59H49N7O3S. The third-order valence-corrected chi connectivity index (χ3v) is 12.3. The number of pyridine rings is 3. The van der Waals surface area contributed by atoms with Crippen molar-refractivity contribution >= 4 is 64.1 Å². The Morgan fingerprint density at radius 3 is 1.51 bits per heavy atom. The van der Waals surface area contributed by atoms with Crippen LogP contribution in [0.2, 0.25) is 0 Å². The maximum Gasteiger partial charge on any atom is 0.338 e. The van der Waals surface area contributed by atoms with Crippen LogP contribution in [0.25, 0.3) is 46.4 Å². The van der Waals surface area contributed by atoms with E-state index in [4.69, 9.17) is 19.4 Å². The van der Waals surface area contributed by atoms with Crippen molar-refractivity contribution < 1.29 is 14.3 Å². The van der Waals surface area contributed by atoms with E-state index in [1.807, 2.05) is 91.0 Å². The fourth-order valence-electron chi connectivity index (χ4n) is 7.64. The number of carbonyl (C=O) groups is 1. The number of benzene rings is 1. The lowest BCUT2D eigenvalue weighted by atomic mass is 10.1. The quantitative estimate of drug-likeness (QED) is 0.0739.